The number of rotatable bonds is 2. The van der Waals surface area contributed by atoms with E-state index in [9.17, 15) is 4.79 Å². The number of nitrogens with two attached hydrogens (primary N) is 2. The second-order valence-corrected chi connectivity index (χ2v) is 7.09. The van der Waals surface area contributed by atoms with E-state index in [1.165, 1.54) is 0 Å². The Morgan fingerprint density at radius 1 is 1.63 bits per heavy atom. The second kappa shape index (κ2) is 5.83. The van der Waals surface area contributed by atoms with E-state index >= 15 is 0 Å². The zero-order chi connectivity index (χ0) is 14.7. The first-order valence-corrected chi connectivity index (χ1v) is 6.89. The molecule has 6 nitrogen and oxygen atoms in total. The van der Waals surface area contributed by atoms with Crippen LogP contribution in [-0.2, 0) is 4.74 Å². The van der Waals surface area contributed by atoms with Crippen LogP contribution in [0.5, 0.6) is 0 Å². The first-order valence-electron chi connectivity index (χ1n) is 6.07. The van der Waals surface area contributed by atoms with Crippen LogP contribution in [-0.4, -0.2) is 29.1 Å². The zero-order valence-electron chi connectivity index (χ0n) is 11.8. The minimum atomic E-state index is -0.604. The average molecular weight is 286 g/mol. The summed E-state index contributed by atoms with van der Waals surface area (Å²) in [7, 11) is 0. The molecule has 1 aliphatic heterocycles. The van der Waals surface area contributed by atoms with Gasteiger partial charge in [-0.25, -0.2) is 9.79 Å². The minimum Gasteiger partial charge on any atom is -0.444 e. The normalized spacial score (nSPS) is 24.1. The molecule has 1 atom stereocenters. The van der Waals surface area contributed by atoms with Crippen molar-refractivity contribution in [2.24, 2.45) is 16.5 Å². The van der Waals surface area contributed by atoms with Crippen LogP contribution in [0.15, 0.2) is 16.0 Å². The molecule has 1 aliphatic rings. The maximum absolute atomic E-state index is 11.5. The van der Waals surface area contributed by atoms with Gasteiger partial charge in [0.05, 0.1) is 0 Å². The van der Waals surface area contributed by atoms with Crippen molar-refractivity contribution in [3.05, 3.63) is 11.0 Å². The van der Waals surface area contributed by atoms with Crippen molar-refractivity contribution < 1.29 is 9.53 Å². The molecular formula is C12H22N4O2S. The summed E-state index contributed by atoms with van der Waals surface area (Å²) in [6.45, 7) is 7.79. The van der Waals surface area contributed by atoms with Gasteiger partial charge in [-0.2, -0.15) is 0 Å². The Balaban J connectivity index is 2.56. The Labute approximate surface area is 118 Å². The molecule has 0 aromatic rings. The lowest BCUT2D eigenvalue weighted by Crippen LogP contribution is -2.41. The quantitative estimate of drug-likeness (QED) is 0.527. The van der Waals surface area contributed by atoms with Crippen molar-refractivity contribution >= 4 is 23.8 Å². The fraction of sp³-hybridized carbons (Fsp3) is 0.667. The highest BCUT2D eigenvalue weighted by molar-refractivity contribution is 8.04. The summed E-state index contributed by atoms with van der Waals surface area (Å²) in [5, 5.41) is 2.42. The number of carbonyl (C=O) groups excluding carboxylic acids is 1. The fourth-order valence-corrected chi connectivity index (χ4v) is 2.68. The molecule has 0 saturated carbocycles. The minimum absolute atomic E-state index is 0.0518. The van der Waals surface area contributed by atoms with E-state index in [2.05, 4.69) is 10.3 Å². The number of aliphatic imine (C=N–C) groups is 1. The van der Waals surface area contributed by atoms with E-state index in [1.54, 1.807) is 32.5 Å². The average Bonchev–Trinajstić information content (AvgIpc) is 2.56. The summed E-state index contributed by atoms with van der Waals surface area (Å²) in [5.41, 5.74) is 10.7. The summed E-state index contributed by atoms with van der Waals surface area (Å²) >= 11 is 1.56. The molecule has 0 radical (unpaired) electrons. The zero-order valence-corrected chi connectivity index (χ0v) is 12.6. The van der Waals surface area contributed by atoms with Crippen LogP contribution < -0.4 is 16.8 Å². The van der Waals surface area contributed by atoms with Gasteiger partial charge < -0.3 is 16.2 Å². The Hall–Kier alpha value is -1.21. The predicted molar refractivity (Wildman–Crippen MR) is 78.7 cm³/mol. The molecule has 0 fully saturated rings. The highest BCUT2D eigenvalue weighted by atomic mass is 32.2. The maximum Gasteiger partial charge on any atom is 0.414 e. The van der Waals surface area contributed by atoms with Gasteiger partial charge in [0.25, 0.3) is 0 Å². The van der Waals surface area contributed by atoms with E-state index in [4.69, 9.17) is 16.2 Å². The Morgan fingerprint density at radius 3 is 2.74 bits per heavy atom. The number of amides is 1. The Morgan fingerprint density at radius 2 is 2.26 bits per heavy atom. The molecular weight excluding hydrogens is 264 g/mol. The monoisotopic (exact) mass is 286 g/mol. The van der Waals surface area contributed by atoms with Crippen molar-refractivity contribution in [1.82, 2.24) is 5.32 Å². The van der Waals surface area contributed by atoms with E-state index in [0.29, 0.717) is 6.54 Å². The lowest BCUT2D eigenvalue weighted by Gasteiger charge is -2.21. The van der Waals surface area contributed by atoms with Crippen molar-refractivity contribution in [2.45, 2.75) is 44.6 Å². The summed E-state index contributed by atoms with van der Waals surface area (Å²) in [6.07, 6.45) is 2.17. The lowest BCUT2D eigenvalue weighted by atomic mass is 10.2. The second-order valence-electron chi connectivity index (χ2n) is 5.48. The lowest BCUT2D eigenvalue weighted by molar-refractivity contribution is 0.0562. The molecule has 0 bridgehead atoms. The number of thioether (sulfide) groups is 1. The maximum atomic E-state index is 11.5. The van der Waals surface area contributed by atoms with Gasteiger partial charge >= 0.3 is 6.09 Å². The van der Waals surface area contributed by atoms with Gasteiger partial charge in [0.15, 0.2) is 5.96 Å². The number of ether oxygens (including phenoxy) is 1. The number of guanidine groups is 1. The van der Waals surface area contributed by atoms with Gasteiger partial charge in [0.2, 0.25) is 0 Å². The Bertz CT molecular complexity index is 414. The predicted octanol–water partition coefficient (Wildman–Crippen LogP) is 1.52. The molecule has 1 amide bonds. The first-order chi connectivity index (χ1) is 8.63. The van der Waals surface area contributed by atoms with Gasteiger partial charge in [0, 0.05) is 13.0 Å². The van der Waals surface area contributed by atoms with Crippen LogP contribution in [0.25, 0.3) is 0 Å². The summed E-state index contributed by atoms with van der Waals surface area (Å²) in [4.78, 5) is 16.5. The van der Waals surface area contributed by atoms with Crippen LogP contribution in [0.1, 0.15) is 34.1 Å². The molecule has 7 heteroatoms. The third kappa shape index (κ3) is 5.52. The topological polar surface area (TPSA) is 103 Å². The number of hydrogen-bond acceptors (Lipinski definition) is 5. The fourth-order valence-electron chi connectivity index (χ4n) is 1.55. The van der Waals surface area contributed by atoms with Gasteiger partial charge in [-0.15, -0.1) is 0 Å². The molecule has 0 aliphatic carbocycles. The number of nitrogens with one attached hydrogen (secondary N) is 1. The highest BCUT2D eigenvalue weighted by Gasteiger charge is 2.30. The largest absolute Gasteiger partial charge is 0.444 e. The molecule has 108 valence electrons. The van der Waals surface area contributed by atoms with E-state index in [1.807, 2.05) is 13.0 Å². The van der Waals surface area contributed by atoms with Gasteiger partial charge in [-0.3, -0.25) is 5.32 Å². The smallest absolute Gasteiger partial charge is 0.414 e. The number of alkyl carbamates (subject to hydrolysis) is 1. The first kappa shape index (κ1) is 15.8. The molecule has 0 aromatic heterocycles. The molecule has 1 rings (SSSR count). The van der Waals surface area contributed by atoms with E-state index in [-0.39, 0.29) is 5.96 Å². The van der Waals surface area contributed by atoms with Gasteiger partial charge in [-0.05, 0) is 32.6 Å². The van der Waals surface area contributed by atoms with Gasteiger partial charge in [-0.1, -0.05) is 17.8 Å². The standard InChI is InChI=1S/C12H22N4O2S/c1-11(2,3)18-10(17)15-9(14)16-12(4)6-5-8(7-13)19-12/h5H,6-7,13H2,1-4H3,(H3,14,15,16,17). The van der Waals surface area contributed by atoms with Crippen LogP contribution >= 0.6 is 11.8 Å². The van der Waals surface area contributed by atoms with E-state index in [0.717, 1.165) is 11.3 Å². The van der Waals surface area contributed by atoms with Crippen LogP contribution in [0.3, 0.4) is 0 Å². The van der Waals surface area contributed by atoms with Crippen LogP contribution in [0.2, 0.25) is 0 Å². The van der Waals surface area contributed by atoms with Crippen molar-refractivity contribution in [3.8, 4) is 0 Å². The molecule has 0 saturated heterocycles. The summed E-state index contributed by atoms with van der Waals surface area (Å²) in [6, 6.07) is 0. The van der Waals surface area contributed by atoms with Crippen molar-refractivity contribution in [1.29, 1.82) is 0 Å². The van der Waals surface area contributed by atoms with Crippen molar-refractivity contribution in [3.63, 3.8) is 0 Å². The number of carbonyl (C=O) groups is 1. The van der Waals surface area contributed by atoms with Crippen LogP contribution in [0, 0.1) is 0 Å². The Kier molecular flexibility index (Phi) is 4.86. The van der Waals surface area contributed by atoms with Gasteiger partial charge in [0.1, 0.15) is 10.5 Å². The molecule has 0 aromatic carbocycles. The molecule has 19 heavy (non-hydrogen) atoms. The highest BCUT2D eigenvalue weighted by Crippen LogP contribution is 2.42. The molecule has 1 heterocycles. The van der Waals surface area contributed by atoms with Crippen molar-refractivity contribution in [2.75, 3.05) is 6.54 Å². The molecule has 0 spiro atoms. The summed E-state index contributed by atoms with van der Waals surface area (Å²) < 4.78 is 5.10. The third-order valence-electron chi connectivity index (χ3n) is 2.25. The van der Waals surface area contributed by atoms with Crippen LogP contribution in [0.4, 0.5) is 4.79 Å². The molecule has 5 N–H and O–H groups in total. The number of nitrogens with zero attached hydrogens (tertiary/aromatic N) is 1. The SMILES string of the molecule is CC(C)(C)OC(=O)NC(N)=NC1(C)CC=C(CN)S1. The third-order valence-corrected chi connectivity index (χ3v) is 3.54. The summed E-state index contributed by atoms with van der Waals surface area (Å²) in [5.74, 6) is 0.0518. The molecule has 1 unspecified atom stereocenters. The number of hydrogen-bond donors (Lipinski definition) is 3. The van der Waals surface area contributed by atoms with E-state index < -0.39 is 16.6 Å².